The van der Waals surface area contributed by atoms with E-state index in [1.165, 1.54) is 24.3 Å². The van der Waals surface area contributed by atoms with Crippen LogP contribution < -0.4 is 0 Å². The zero-order chi connectivity index (χ0) is 14.0. The largest absolute Gasteiger partial charge is 0.388 e. The van der Waals surface area contributed by atoms with Crippen LogP contribution in [0.3, 0.4) is 0 Å². The minimum atomic E-state index is -1.08. The molecule has 1 N–H and O–H groups in total. The van der Waals surface area contributed by atoms with E-state index in [9.17, 15) is 13.9 Å². The fraction of sp³-hybridized carbons (Fsp3) is 0.143. The van der Waals surface area contributed by atoms with Gasteiger partial charge in [0.25, 0.3) is 0 Å². The van der Waals surface area contributed by atoms with Crippen LogP contribution in [0.15, 0.2) is 40.9 Å². The Labute approximate surface area is 123 Å². The molecule has 0 aliphatic heterocycles. The molecule has 1 atom stereocenters. The first-order valence-electron chi connectivity index (χ1n) is 5.55. The van der Waals surface area contributed by atoms with Gasteiger partial charge in [-0.25, -0.2) is 8.78 Å². The van der Waals surface area contributed by atoms with Crippen LogP contribution in [-0.2, 0) is 6.42 Å². The maximum Gasteiger partial charge on any atom is 0.142 e. The second-order valence-corrected chi connectivity index (χ2v) is 5.39. The normalized spacial score (nSPS) is 12.5. The molecule has 0 fully saturated rings. The van der Waals surface area contributed by atoms with E-state index in [-0.39, 0.29) is 17.0 Å². The minimum Gasteiger partial charge on any atom is -0.388 e. The summed E-state index contributed by atoms with van der Waals surface area (Å²) < 4.78 is 27.5. The Hall–Kier alpha value is -0.970. The van der Waals surface area contributed by atoms with Crippen molar-refractivity contribution < 1.29 is 13.9 Å². The number of aliphatic hydroxyl groups excluding tert-OH is 1. The van der Waals surface area contributed by atoms with Crippen molar-refractivity contribution in [1.29, 1.82) is 0 Å². The molecule has 0 aliphatic rings. The third-order valence-electron chi connectivity index (χ3n) is 2.77. The summed E-state index contributed by atoms with van der Waals surface area (Å²) in [4.78, 5) is 0. The summed E-state index contributed by atoms with van der Waals surface area (Å²) in [6.07, 6.45) is -1.03. The highest BCUT2D eigenvalue weighted by Crippen LogP contribution is 2.27. The van der Waals surface area contributed by atoms with Gasteiger partial charge in [-0.05, 0) is 23.8 Å². The van der Waals surface area contributed by atoms with Gasteiger partial charge in [-0.1, -0.05) is 45.7 Å². The summed E-state index contributed by atoms with van der Waals surface area (Å²) in [5.41, 5.74) is 0.597. The Morgan fingerprint density at radius 2 is 1.89 bits per heavy atom. The Kier molecular flexibility index (Phi) is 4.55. The first-order valence-corrected chi connectivity index (χ1v) is 6.72. The molecule has 2 rings (SSSR count). The topological polar surface area (TPSA) is 20.2 Å². The Morgan fingerprint density at radius 3 is 2.58 bits per heavy atom. The van der Waals surface area contributed by atoms with Crippen LogP contribution in [0, 0.1) is 11.6 Å². The second-order valence-electron chi connectivity index (χ2n) is 4.10. The maximum absolute atomic E-state index is 13.7. The average molecular weight is 348 g/mol. The predicted molar refractivity (Wildman–Crippen MR) is 74.2 cm³/mol. The third kappa shape index (κ3) is 3.32. The van der Waals surface area contributed by atoms with Crippen molar-refractivity contribution in [3.63, 3.8) is 0 Å². The van der Waals surface area contributed by atoms with Gasteiger partial charge in [-0.15, -0.1) is 0 Å². The van der Waals surface area contributed by atoms with E-state index in [4.69, 9.17) is 11.6 Å². The van der Waals surface area contributed by atoms with Gasteiger partial charge >= 0.3 is 0 Å². The summed E-state index contributed by atoms with van der Waals surface area (Å²) in [6, 6.07) is 8.73. The summed E-state index contributed by atoms with van der Waals surface area (Å²) in [6.45, 7) is 0. The molecule has 0 saturated carbocycles. The van der Waals surface area contributed by atoms with Crippen LogP contribution in [0.25, 0.3) is 0 Å². The fourth-order valence-corrected chi connectivity index (χ4v) is 2.33. The molecule has 0 bridgehead atoms. The van der Waals surface area contributed by atoms with Crippen molar-refractivity contribution in [2.24, 2.45) is 0 Å². The van der Waals surface area contributed by atoms with E-state index in [1.54, 1.807) is 12.1 Å². The molecule has 19 heavy (non-hydrogen) atoms. The summed E-state index contributed by atoms with van der Waals surface area (Å²) in [5.74, 6) is -1.07. The zero-order valence-electron chi connectivity index (χ0n) is 9.71. The van der Waals surface area contributed by atoms with Gasteiger partial charge in [0.2, 0.25) is 0 Å². The molecule has 0 amide bonds. The van der Waals surface area contributed by atoms with E-state index < -0.39 is 17.7 Å². The molecule has 0 saturated heterocycles. The lowest BCUT2D eigenvalue weighted by Gasteiger charge is -2.13. The SMILES string of the molecule is OC(Cc1cccc(F)c1Cl)c1ccc(Br)cc1F. The van der Waals surface area contributed by atoms with Crippen molar-refractivity contribution in [1.82, 2.24) is 0 Å². The minimum absolute atomic E-state index is 0.0425. The molecule has 0 heterocycles. The predicted octanol–water partition coefficient (Wildman–Crippen LogP) is 4.66. The summed E-state index contributed by atoms with van der Waals surface area (Å²) in [7, 11) is 0. The lowest BCUT2D eigenvalue weighted by atomic mass is 10.0. The van der Waals surface area contributed by atoms with Gasteiger partial charge in [0, 0.05) is 16.5 Å². The van der Waals surface area contributed by atoms with Gasteiger partial charge in [-0.2, -0.15) is 0 Å². The molecule has 0 spiro atoms. The van der Waals surface area contributed by atoms with Gasteiger partial charge < -0.3 is 5.11 Å². The molecule has 0 radical (unpaired) electrons. The van der Waals surface area contributed by atoms with Crippen molar-refractivity contribution in [2.75, 3.05) is 0 Å². The smallest absolute Gasteiger partial charge is 0.142 e. The quantitative estimate of drug-likeness (QED) is 0.856. The van der Waals surface area contributed by atoms with E-state index in [0.717, 1.165) is 0 Å². The van der Waals surface area contributed by atoms with E-state index in [2.05, 4.69) is 15.9 Å². The first-order chi connectivity index (χ1) is 8.99. The van der Waals surface area contributed by atoms with Gasteiger partial charge in [0.15, 0.2) is 0 Å². The molecule has 1 unspecified atom stereocenters. The number of hydrogen-bond donors (Lipinski definition) is 1. The molecule has 0 aliphatic carbocycles. The van der Waals surface area contributed by atoms with Gasteiger partial charge in [0.05, 0.1) is 11.1 Å². The lowest BCUT2D eigenvalue weighted by molar-refractivity contribution is 0.173. The Balaban J connectivity index is 2.25. The summed E-state index contributed by atoms with van der Waals surface area (Å²) >= 11 is 8.94. The number of benzene rings is 2. The molecule has 0 aromatic heterocycles. The zero-order valence-corrected chi connectivity index (χ0v) is 12.0. The molecular formula is C14H10BrClF2O. The number of halogens is 4. The van der Waals surface area contributed by atoms with Crippen molar-refractivity contribution in [3.05, 3.63) is 68.7 Å². The maximum atomic E-state index is 13.7. The average Bonchev–Trinajstić information content (AvgIpc) is 2.34. The van der Waals surface area contributed by atoms with Crippen molar-refractivity contribution in [3.8, 4) is 0 Å². The fourth-order valence-electron chi connectivity index (χ4n) is 1.80. The van der Waals surface area contributed by atoms with Gasteiger partial charge in [-0.3, -0.25) is 0 Å². The van der Waals surface area contributed by atoms with E-state index in [0.29, 0.717) is 10.0 Å². The highest BCUT2D eigenvalue weighted by molar-refractivity contribution is 9.10. The highest BCUT2D eigenvalue weighted by atomic mass is 79.9. The number of rotatable bonds is 3. The van der Waals surface area contributed by atoms with E-state index in [1.807, 2.05) is 0 Å². The first kappa shape index (κ1) is 14.4. The number of aliphatic hydroxyl groups is 1. The standard InChI is InChI=1S/C14H10BrClF2O/c15-9-4-5-10(12(18)7-9)13(19)6-8-2-1-3-11(17)14(8)16/h1-5,7,13,19H,6H2. The monoisotopic (exact) mass is 346 g/mol. The number of hydrogen-bond acceptors (Lipinski definition) is 1. The van der Waals surface area contributed by atoms with Crippen LogP contribution in [0.5, 0.6) is 0 Å². The second kappa shape index (κ2) is 5.99. The molecule has 5 heteroatoms. The molecule has 2 aromatic carbocycles. The van der Waals surface area contributed by atoms with Crippen molar-refractivity contribution >= 4 is 27.5 Å². The van der Waals surface area contributed by atoms with Crippen LogP contribution in [0.4, 0.5) is 8.78 Å². The lowest BCUT2D eigenvalue weighted by Crippen LogP contribution is -2.05. The van der Waals surface area contributed by atoms with Crippen LogP contribution in [0.1, 0.15) is 17.2 Å². The van der Waals surface area contributed by atoms with E-state index >= 15 is 0 Å². The third-order valence-corrected chi connectivity index (χ3v) is 3.68. The molecule has 1 nitrogen and oxygen atoms in total. The van der Waals surface area contributed by atoms with Crippen LogP contribution >= 0.6 is 27.5 Å². The Bertz CT molecular complexity index is 604. The molecule has 2 aromatic rings. The van der Waals surface area contributed by atoms with Crippen molar-refractivity contribution in [2.45, 2.75) is 12.5 Å². The van der Waals surface area contributed by atoms with Gasteiger partial charge in [0.1, 0.15) is 11.6 Å². The summed E-state index contributed by atoms with van der Waals surface area (Å²) in [5, 5.41) is 9.98. The van der Waals surface area contributed by atoms with Crippen LogP contribution in [0.2, 0.25) is 5.02 Å². The highest BCUT2D eigenvalue weighted by Gasteiger charge is 2.16. The molecular weight excluding hydrogens is 338 g/mol. The van der Waals surface area contributed by atoms with Crippen LogP contribution in [-0.4, -0.2) is 5.11 Å². The Morgan fingerprint density at radius 1 is 1.16 bits per heavy atom. The molecule has 100 valence electrons.